The molecular formula is C16H17ClF2N4O3. The smallest absolute Gasteiger partial charge is 0.312 e. The summed E-state index contributed by atoms with van der Waals surface area (Å²) < 4.78 is 33.5. The van der Waals surface area contributed by atoms with Gasteiger partial charge >= 0.3 is 5.91 Å². The first-order valence-electron chi connectivity index (χ1n) is 7.81. The third-order valence-corrected chi connectivity index (χ3v) is 4.71. The molecule has 0 saturated carbocycles. The minimum atomic E-state index is -3.17. The number of hydrazone groups is 1. The van der Waals surface area contributed by atoms with Gasteiger partial charge in [-0.25, -0.2) is 8.78 Å². The molecule has 3 heterocycles. The standard InChI is InChI=1S/C16H17ClF2N4O3/c1-8-6-16(25,15(18)19)23(20-8)14(24)12-5-4-11(26-12)7-22-10(3)13(17)9(2)21-22/h4-5,15,25H,6-7H2,1-3H3. The second kappa shape index (κ2) is 6.48. The lowest BCUT2D eigenvalue weighted by Gasteiger charge is -2.29. The van der Waals surface area contributed by atoms with Crippen molar-refractivity contribution in [2.75, 3.05) is 0 Å². The number of furan rings is 1. The molecule has 1 unspecified atom stereocenters. The van der Waals surface area contributed by atoms with Gasteiger partial charge in [0.1, 0.15) is 5.76 Å². The Balaban J connectivity index is 1.83. The van der Waals surface area contributed by atoms with Crippen molar-refractivity contribution in [2.24, 2.45) is 5.10 Å². The van der Waals surface area contributed by atoms with E-state index in [1.165, 1.54) is 19.1 Å². The number of aliphatic hydroxyl groups is 1. The summed E-state index contributed by atoms with van der Waals surface area (Å²) in [5.74, 6) is -0.761. The Morgan fingerprint density at radius 2 is 2.12 bits per heavy atom. The summed E-state index contributed by atoms with van der Waals surface area (Å²) in [6.45, 7) is 5.23. The number of amides is 1. The lowest BCUT2D eigenvalue weighted by Crippen LogP contribution is -2.51. The van der Waals surface area contributed by atoms with Crippen molar-refractivity contribution >= 4 is 23.2 Å². The molecule has 2 aromatic heterocycles. The number of aromatic nitrogens is 2. The average molecular weight is 387 g/mol. The number of alkyl halides is 2. The fourth-order valence-corrected chi connectivity index (χ4v) is 2.93. The monoisotopic (exact) mass is 386 g/mol. The highest BCUT2D eigenvalue weighted by Gasteiger charge is 2.51. The van der Waals surface area contributed by atoms with Crippen LogP contribution in [0.4, 0.5) is 8.78 Å². The van der Waals surface area contributed by atoms with Crippen LogP contribution in [0.2, 0.25) is 5.02 Å². The second-order valence-electron chi connectivity index (χ2n) is 6.22. The van der Waals surface area contributed by atoms with E-state index in [0.717, 1.165) is 5.69 Å². The van der Waals surface area contributed by atoms with Crippen LogP contribution in [0.3, 0.4) is 0 Å². The molecule has 1 aliphatic rings. The zero-order valence-electron chi connectivity index (χ0n) is 14.3. The number of nitrogens with zero attached hydrogens (tertiary/aromatic N) is 4. The van der Waals surface area contributed by atoms with Crippen LogP contribution in [0, 0.1) is 13.8 Å². The Labute approximate surface area is 152 Å². The minimum absolute atomic E-state index is 0.204. The van der Waals surface area contributed by atoms with Gasteiger partial charge < -0.3 is 9.52 Å². The van der Waals surface area contributed by atoms with Gasteiger partial charge in [-0.1, -0.05) is 11.6 Å². The summed E-state index contributed by atoms with van der Waals surface area (Å²) in [7, 11) is 0. The van der Waals surface area contributed by atoms with E-state index < -0.39 is 24.5 Å². The van der Waals surface area contributed by atoms with Crippen LogP contribution < -0.4 is 0 Å². The quantitative estimate of drug-likeness (QED) is 0.875. The first kappa shape index (κ1) is 18.5. The van der Waals surface area contributed by atoms with E-state index in [9.17, 15) is 18.7 Å². The van der Waals surface area contributed by atoms with Crippen LogP contribution in [-0.4, -0.2) is 43.7 Å². The molecule has 0 bridgehead atoms. The molecule has 7 nitrogen and oxygen atoms in total. The molecule has 1 amide bonds. The molecule has 0 aromatic carbocycles. The fourth-order valence-electron chi connectivity index (χ4n) is 2.79. The van der Waals surface area contributed by atoms with Crippen molar-refractivity contribution in [3.63, 3.8) is 0 Å². The van der Waals surface area contributed by atoms with Crippen molar-refractivity contribution in [1.82, 2.24) is 14.8 Å². The predicted octanol–water partition coefficient (Wildman–Crippen LogP) is 2.97. The third kappa shape index (κ3) is 3.01. The molecule has 1 atom stereocenters. The van der Waals surface area contributed by atoms with Crippen LogP contribution in [0.25, 0.3) is 0 Å². The van der Waals surface area contributed by atoms with Gasteiger partial charge in [-0.15, -0.1) is 0 Å². The van der Waals surface area contributed by atoms with Gasteiger partial charge in [-0.05, 0) is 32.9 Å². The highest BCUT2D eigenvalue weighted by Crippen LogP contribution is 2.33. The highest BCUT2D eigenvalue weighted by molar-refractivity contribution is 6.31. The number of rotatable bonds is 4. The van der Waals surface area contributed by atoms with E-state index in [1.54, 1.807) is 18.5 Å². The minimum Gasteiger partial charge on any atom is -0.454 e. The van der Waals surface area contributed by atoms with Gasteiger partial charge in [0.05, 0.1) is 23.0 Å². The molecule has 10 heteroatoms. The summed E-state index contributed by atoms with van der Waals surface area (Å²) in [6, 6.07) is 2.88. The maximum Gasteiger partial charge on any atom is 0.312 e. The largest absolute Gasteiger partial charge is 0.454 e. The molecule has 26 heavy (non-hydrogen) atoms. The van der Waals surface area contributed by atoms with Crippen molar-refractivity contribution in [1.29, 1.82) is 0 Å². The van der Waals surface area contributed by atoms with Crippen LogP contribution in [0.15, 0.2) is 21.7 Å². The Morgan fingerprint density at radius 1 is 1.42 bits per heavy atom. The van der Waals surface area contributed by atoms with E-state index in [0.29, 0.717) is 21.5 Å². The molecule has 0 fully saturated rings. The average Bonchev–Trinajstić information content (AvgIpc) is 3.22. The Bertz CT molecular complexity index is 892. The van der Waals surface area contributed by atoms with E-state index >= 15 is 0 Å². The number of hydrogen-bond donors (Lipinski definition) is 1. The molecule has 0 spiro atoms. The van der Waals surface area contributed by atoms with Gasteiger partial charge in [-0.3, -0.25) is 9.48 Å². The predicted molar refractivity (Wildman–Crippen MR) is 89.4 cm³/mol. The normalized spacial score (nSPS) is 20.2. The van der Waals surface area contributed by atoms with Crippen LogP contribution >= 0.6 is 11.6 Å². The summed E-state index contributed by atoms with van der Waals surface area (Å²) in [5, 5.41) is 19.0. The molecule has 2 aromatic rings. The van der Waals surface area contributed by atoms with Crippen molar-refractivity contribution in [3.8, 4) is 0 Å². The molecular weight excluding hydrogens is 370 g/mol. The van der Waals surface area contributed by atoms with E-state index in [-0.39, 0.29) is 18.0 Å². The fraction of sp³-hybridized carbons (Fsp3) is 0.438. The van der Waals surface area contributed by atoms with Gasteiger partial charge in [-0.2, -0.15) is 15.2 Å². The van der Waals surface area contributed by atoms with Gasteiger partial charge in [0, 0.05) is 12.1 Å². The highest BCUT2D eigenvalue weighted by atomic mass is 35.5. The molecule has 1 N–H and O–H groups in total. The van der Waals surface area contributed by atoms with E-state index in [1.807, 2.05) is 0 Å². The first-order valence-corrected chi connectivity index (χ1v) is 8.18. The number of aryl methyl sites for hydroxylation is 1. The summed E-state index contributed by atoms with van der Waals surface area (Å²) >= 11 is 6.09. The molecule has 3 rings (SSSR count). The lowest BCUT2D eigenvalue weighted by atomic mass is 10.1. The molecule has 0 aliphatic carbocycles. The maximum absolute atomic E-state index is 13.2. The SMILES string of the molecule is CC1=NN(C(=O)c2ccc(Cn3nc(C)c(Cl)c3C)o2)C(O)(C(F)F)C1. The third-order valence-electron chi connectivity index (χ3n) is 4.17. The van der Waals surface area contributed by atoms with E-state index in [2.05, 4.69) is 10.2 Å². The topological polar surface area (TPSA) is 83.9 Å². The van der Waals surface area contributed by atoms with Gasteiger partial charge in [0.15, 0.2) is 5.76 Å². The Kier molecular flexibility index (Phi) is 4.61. The summed E-state index contributed by atoms with van der Waals surface area (Å²) in [6.07, 6.45) is -3.59. The van der Waals surface area contributed by atoms with Crippen molar-refractivity contribution in [3.05, 3.63) is 40.1 Å². The van der Waals surface area contributed by atoms with Crippen molar-refractivity contribution in [2.45, 2.75) is 45.9 Å². The number of carbonyl (C=O) groups excluding carboxylic acids is 1. The van der Waals surface area contributed by atoms with Gasteiger partial charge in [0.2, 0.25) is 5.72 Å². The zero-order chi connectivity index (χ0) is 19.2. The number of halogens is 3. The molecule has 1 aliphatic heterocycles. The van der Waals surface area contributed by atoms with Crippen molar-refractivity contribution < 1.29 is 23.1 Å². The Morgan fingerprint density at radius 3 is 2.69 bits per heavy atom. The molecule has 0 radical (unpaired) electrons. The number of hydrogen-bond acceptors (Lipinski definition) is 5. The lowest BCUT2D eigenvalue weighted by molar-refractivity contribution is -0.164. The second-order valence-corrected chi connectivity index (χ2v) is 6.59. The van der Waals surface area contributed by atoms with Crippen LogP contribution in [0.1, 0.15) is 41.0 Å². The van der Waals surface area contributed by atoms with Gasteiger partial charge in [0.25, 0.3) is 6.43 Å². The zero-order valence-corrected chi connectivity index (χ0v) is 15.1. The van der Waals surface area contributed by atoms with Crippen LogP contribution in [-0.2, 0) is 6.54 Å². The summed E-state index contributed by atoms with van der Waals surface area (Å²) in [5.41, 5.74) is -1.04. The first-order chi connectivity index (χ1) is 12.1. The molecule has 140 valence electrons. The van der Waals surface area contributed by atoms with Crippen LogP contribution in [0.5, 0.6) is 0 Å². The maximum atomic E-state index is 13.2. The Hall–Kier alpha value is -2.26. The summed E-state index contributed by atoms with van der Waals surface area (Å²) in [4.78, 5) is 12.5. The molecule has 0 saturated heterocycles. The van der Waals surface area contributed by atoms with E-state index in [4.69, 9.17) is 16.0 Å². The number of carbonyl (C=O) groups is 1.